The third-order valence-corrected chi connectivity index (χ3v) is 5.19. The molecule has 3 aromatic carbocycles. The van der Waals surface area contributed by atoms with E-state index in [0.717, 1.165) is 11.1 Å². The van der Waals surface area contributed by atoms with Crippen molar-refractivity contribution in [2.75, 3.05) is 11.9 Å². The predicted molar refractivity (Wildman–Crippen MR) is 131 cm³/mol. The van der Waals surface area contributed by atoms with Gasteiger partial charge in [-0.1, -0.05) is 41.4 Å². The topological polar surface area (TPSA) is 71.3 Å². The SMILES string of the molecule is CCOc1cc(/C=C(\C#N)C(=O)Nc2ccc(C)cc2C)cc(Cl)c1OCc1cccc(F)c1. The number of nitrogens with one attached hydrogen (secondary N) is 1. The van der Waals surface area contributed by atoms with Gasteiger partial charge < -0.3 is 14.8 Å². The number of nitrogens with zero attached hydrogens (tertiary/aromatic N) is 1. The number of ether oxygens (including phenoxy) is 2. The summed E-state index contributed by atoms with van der Waals surface area (Å²) in [5.41, 5.74) is 3.64. The van der Waals surface area contributed by atoms with E-state index in [-0.39, 0.29) is 23.0 Å². The molecule has 0 atom stereocenters. The van der Waals surface area contributed by atoms with Crippen molar-refractivity contribution in [2.24, 2.45) is 0 Å². The number of benzene rings is 3. The zero-order valence-corrected chi connectivity index (χ0v) is 19.9. The first kappa shape index (κ1) is 24.8. The summed E-state index contributed by atoms with van der Waals surface area (Å²) in [5.74, 6) is -0.247. The van der Waals surface area contributed by atoms with Crippen LogP contribution in [0.2, 0.25) is 5.02 Å². The van der Waals surface area contributed by atoms with Crippen LogP contribution in [0.5, 0.6) is 11.5 Å². The van der Waals surface area contributed by atoms with Gasteiger partial charge in [0.05, 0.1) is 11.6 Å². The molecule has 0 bridgehead atoms. The third kappa shape index (κ3) is 6.37. The van der Waals surface area contributed by atoms with Crippen molar-refractivity contribution < 1.29 is 18.7 Å². The molecule has 174 valence electrons. The summed E-state index contributed by atoms with van der Waals surface area (Å²) >= 11 is 6.45. The van der Waals surface area contributed by atoms with Crippen LogP contribution in [0.15, 0.2) is 60.2 Å². The van der Waals surface area contributed by atoms with Crippen LogP contribution in [0.4, 0.5) is 10.1 Å². The fraction of sp³-hybridized carbons (Fsp3) is 0.185. The molecule has 0 unspecified atom stereocenters. The summed E-state index contributed by atoms with van der Waals surface area (Å²) in [6, 6.07) is 16.8. The first-order valence-corrected chi connectivity index (χ1v) is 11.0. The van der Waals surface area contributed by atoms with E-state index in [0.29, 0.717) is 34.9 Å². The summed E-state index contributed by atoms with van der Waals surface area (Å²) in [4.78, 5) is 12.7. The largest absolute Gasteiger partial charge is 0.490 e. The average Bonchev–Trinajstić information content (AvgIpc) is 2.79. The number of amides is 1. The molecule has 0 heterocycles. The monoisotopic (exact) mass is 478 g/mol. The third-order valence-electron chi connectivity index (χ3n) is 4.91. The van der Waals surface area contributed by atoms with Crippen LogP contribution >= 0.6 is 11.6 Å². The first-order valence-electron chi connectivity index (χ1n) is 10.6. The van der Waals surface area contributed by atoms with E-state index < -0.39 is 5.91 Å². The van der Waals surface area contributed by atoms with Gasteiger partial charge in [-0.2, -0.15) is 5.26 Å². The Bertz CT molecular complexity index is 1280. The molecule has 0 aliphatic heterocycles. The van der Waals surface area contributed by atoms with Gasteiger partial charge in [-0.05, 0) is 73.9 Å². The molecular weight excluding hydrogens is 455 g/mol. The molecule has 0 saturated carbocycles. The molecule has 3 rings (SSSR count). The van der Waals surface area contributed by atoms with Crippen LogP contribution < -0.4 is 14.8 Å². The highest BCUT2D eigenvalue weighted by molar-refractivity contribution is 6.32. The van der Waals surface area contributed by atoms with Crippen LogP contribution in [-0.4, -0.2) is 12.5 Å². The van der Waals surface area contributed by atoms with Crippen LogP contribution in [-0.2, 0) is 11.4 Å². The summed E-state index contributed by atoms with van der Waals surface area (Å²) in [5, 5.41) is 12.6. The number of anilines is 1. The molecule has 0 aromatic heterocycles. The Morgan fingerprint density at radius 1 is 1.15 bits per heavy atom. The lowest BCUT2D eigenvalue weighted by Crippen LogP contribution is -2.14. The van der Waals surface area contributed by atoms with Crippen molar-refractivity contribution >= 4 is 29.3 Å². The van der Waals surface area contributed by atoms with Gasteiger partial charge in [-0.25, -0.2) is 4.39 Å². The highest BCUT2D eigenvalue weighted by Crippen LogP contribution is 2.38. The van der Waals surface area contributed by atoms with E-state index in [2.05, 4.69) is 5.32 Å². The number of rotatable bonds is 8. The van der Waals surface area contributed by atoms with Gasteiger partial charge in [0.2, 0.25) is 0 Å². The zero-order chi connectivity index (χ0) is 24.7. The molecule has 0 fully saturated rings. The molecule has 0 spiro atoms. The maximum Gasteiger partial charge on any atom is 0.266 e. The van der Waals surface area contributed by atoms with Crippen molar-refractivity contribution in [3.63, 3.8) is 0 Å². The number of carbonyl (C=O) groups is 1. The highest BCUT2D eigenvalue weighted by atomic mass is 35.5. The molecule has 0 aliphatic rings. The second kappa shape index (κ2) is 11.4. The summed E-state index contributed by atoms with van der Waals surface area (Å²) in [6.45, 7) is 6.09. The minimum Gasteiger partial charge on any atom is -0.490 e. The van der Waals surface area contributed by atoms with Gasteiger partial charge >= 0.3 is 0 Å². The van der Waals surface area contributed by atoms with Crippen LogP contribution in [0, 0.1) is 31.0 Å². The lowest BCUT2D eigenvalue weighted by atomic mass is 10.1. The quantitative estimate of drug-likeness (QED) is 0.292. The second-order valence-electron chi connectivity index (χ2n) is 7.62. The Morgan fingerprint density at radius 3 is 2.62 bits per heavy atom. The average molecular weight is 479 g/mol. The molecular formula is C27H24ClFN2O3. The van der Waals surface area contributed by atoms with Crippen LogP contribution in [0.1, 0.15) is 29.2 Å². The van der Waals surface area contributed by atoms with Crippen LogP contribution in [0.3, 0.4) is 0 Å². The zero-order valence-electron chi connectivity index (χ0n) is 19.1. The minimum atomic E-state index is -0.532. The van der Waals surface area contributed by atoms with E-state index in [1.54, 1.807) is 30.3 Å². The molecule has 34 heavy (non-hydrogen) atoms. The van der Waals surface area contributed by atoms with Crippen LogP contribution in [0.25, 0.3) is 6.08 Å². The van der Waals surface area contributed by atoms with Crippen molar-refractivity contribution in [3.05, 3.63) is 93.3 Å². The van der Waals surface area contributed by atoms with Crippen molar-refractivity contribution in [3.8, 4) is 17.6 Å². The summed E-state index contributed by atoms with van der Waals surface area (Å²) in [7, 11) is 0. The Hall–Kier alpha value is -3.82. The molecule has 3 aromatic rings. The van der Waals surface area contributed by atoms with Gasteiger partial charge in [-0.3, -0.25) is 4.79 Å². The lowest BCUT2D eigenvalue weighted by Gasteiger charge is -2.15. The van der Waals surface area contributed by atoms with Crippen molar-refractivity contribution in [1.82, 2.24) is 0 Å². The van der Waals surface area contributed by atoms with Crippen molar-refractivity contribution in [2.45, 2.75) is 27.4 Å². The van der Waals surface area contributed by atoms with E-state index in [4.69, 9.17) is 21.1 Å². The van der Waals surface area contributed by atoms with Crippen molar-refractivity contribution in [1.29, 1.82) is 5.26 Å². The minimum absolute atomic E-state index is 0.0908. The van der Waals surface area contributed by atoms with E-state index in [9.17, 15) is 14.4 Å². The Labute approximate surface area is 203 Å². The van der Waals surface area contributed by atoms with E-state index in [1.165, 1.54) is 18.2 Å². The first-order chi connectivity index (χ1) is 16.3. The maximum atomic E-state index is 13.5. The molecule has 5 nitrogen and oxygen atoms in total. The molecule has 0 radical (unpaired) electrons. The van der Waals surface area contributed by atoms with Gasteiger partial charge in [0, 0.05) is 5.69 Å². The predicted octanol–water partition coefficient (Wildman–Crippen LogP) is 6.62. The second-order valence-corrected chi connectivity index (χ2v) is 8.03. The maximum absolute atomic E-state index is 13.5. The summed E-state index contributed by atoms with van der Waals surface area (Å²) in [6.07, 6.45) is 1.43. The standard InChI is InChI=1S/C27H24ClFN2O3/c1-4-33-25-14-20(13-23(28)26(25)34-16-19-6-5-7-22(29)12-19)11-21(15-30)27(32)31-24-9-8-17(2)10-18(24)3/h5-14H,4,16H2,1-3H3,(H,31,32)/b21-11+. The van der Waals surface area contributed by atoms with Gasteiger partial charge in [0.25, 0.3) is 5.91 Å². The molecule has 0 aliphatic carbocycles. The molecule has 0 saturated heterocycles. The molecule has 1 N–H and O–H groups in total. The number of hydrogen-bond acceptors (Lipinski definition) is 4. The van der Waals surface area contributed by atoms with E-state index >= 15 is 0 Å². The number of aryl methyl sites for hydroxylation is 2. The molecule has 7 heteroatoms. The number of nitriles is 1. The van der Waals surface area contributed by atoms with Gasteiger partial charge in [0.15, 0.2) is 11.5 Å². The normalized spacial score (nSPS) is 11.0. The van der Waals surface area contributed by atoms with Gasteiger partial charge in [0.1, 0.15) is 24.1 Å². The fourth-order valence-electron chi connectivity index (χ4n) is 3.32. The number of hydrogen-bond donors (Lipinski definition) is 1. The van der Waals surface area contributed by atoms with E-state index in [1.807, 2.05) is 39.0 Å². The lowest BCUT2D eigenvalue weighted by molar-refractivity contribution is -0.112. The number of carbonyl (C=O) groups excluding carboxylic acids is 1. The van der Waals surface area contributed by atoms with Gasteiger partial charge in [-0.15, -0.1) is 0 Å². The Morgan fingerprint density at radius 2 is 1.94 bits per heavy atom. The Balaban J connectivity index is 1.86. The number of halogens is 2. The highest BCUT2D eigenvalue weighted by Gasteiger charge is 2.15. The Kier molecular flexibility index (Phi) is 8.29. The fourth-order valence-corrected chi connectivity index (χ4v) is 3.59. The molecule has 1 amide bonds. The smallest absolute Gasteiger partial charge is 0.266 e. The summed E-state index contributed by atoms with van der Waals surface area (Å²) < 4.78 is 24.9.